The van der Waals surface area contributed by atoms with E-state index in [-0.39, 0.29) is 17.5 Å². The topological polar surface area (TPSA) is 99.1 Å². The van der Waals surface area contributed by atoms with Crippen LogP contribution < -0.4 is 5.32 Å². The van der Waals surface area contributed by atoms with Gasteiger partial charge in [-0.2, -0.15) is 0 Å². The molecule has 3 atom stereocenters. The minimum absolute atomic E-state index is 0.221. The molecule has 7 nitrogen and oxygen atoms in total. The van der Waals surface area contributed by atoms with E-state index in [9.17, 15) is 24.2 Å². The lowest BCUT2D eigenvalue weighted by atomic mass is 9.92. The fourth-order valence-electron chi connectivity index (χ4n) is 5.26. The molecule has 3 unspecified atom stereocenters. The SMILES string of the molecule is COC(CCCC(O)c1cccc(C(=O)N(C(=O)O)C2CCNC2)c1)c1cccc(F)c1-c1cccc(C)c1. The van der Waals surface area contributed by atoms with Gasteiger partial charge in [0.15, 0.2) is 0 Å². The van der Waals surface area contributed by atoms with Gasteiger partial charge in [0.25, 0.3) is 5.91 Å². The average Bonchev–Trinajstić information content (AvgIpc) is 3.45. The van der Waals surface area contributed by atoms with Crippen molar-refractivity contribution in [2.75, 3.05) is 20.2 Å². The van der Waals surface area contributed by atoms with Crippen molar-refractivity contribution < 1.29 is 28.9 Å². The molecule has 8 heteroatoms. The number of hydrogen-bond donors (Lipinski definition) is 3. The quantitative estimate of drug-likeness (QED) is 0.301. The van der Waals surface area contributed by atoms with Gasteiger partial charge in [-0.1, -0.05) is 54.1 Å². The first-order chi connectivity index (χ1) is 18.8. The molecule has 0 bridgehead atoms. The summed E-state index contributed by atoms with van der Waals surface area (Å²) in [6.07, 6.45) is -0.426. The van der Waals surface area contributed by atoms with Crippen LogP contribution in [0.15, 0.2) is 66.7 Å². The highest BCUT2D eigenvalue weighted by atomic mass is 19.1. The maximum atomic E-state index is 15.0. The minimum atomic E-state index is -1.28. The van der Waals surface area contributed by atoms with E-state index in [1.165, 1.54) is 6.07 Å². The van der Waals surface area contributed by atoms with Crippen LogP contribution in [0.2, 0.25) is 0 Å². The van der Waals surface area contributed by atoms with Gasteiger partial charge in [-0.05, 0) is 74.0 Å². The number of amides is 2. The molecule has 0 radical (unpaired) electrons. The number of nitrogens with zero attached hydrogens (tertiary/aromatic N) is 1. The van der Waals surface area contributed by atoms with Crippen LogP contribution in [0.1, 0.15) is 64.9 Å². The molecule has 4 rings (SSSR count). The average molecular weight is 535 g/mol. The molecule has 0 aromatic heterocycles. The maximum Gasteiger partial charge on any atom is 0.414 e. The number of aliphatic hydroxyl groups is 1. The zero-order valence-corrected chi connectivity index (χ0v) is 22.3. The van der Waals surface area contributed by atoms with Crippen LogP contribution >= 0.6 is 0 Å². The van der Waals surface area contributed by atoms with Crippen molar-refractivity contribution in [1.29, 1.82) is 0 Å². The first-order valence-electron chi connectivity index (χ1n) is 13.2. The highest BCUT2D eigenvalue weighted by molar-refractivity contribution is 6.03. The van der Waals surface area contributed by atoms with Crippen LogP contribution in [0.3, 0.4) is 0 Å². The van der Waals surface area contributed by atoms with E-state index in [0.717, 1.165) is 21.6 Å². The number of carboxylic acid groups (broad SMARTS) is 1. The second-order valence-electron chi connectivity index (χ2n) is 9.97. The fourth-order valence-corrected chi connectivity index (χ4v) is 5.26. The molecule has 206 valence electrons. The van der Waals surface area contributed by atoms with E-state index in [1.54, 1.807) is 37.4 Å². The zero-order chi connectivity index (χ0) is 27.9. The zero-order valence-electron chi connectivity index (χ0n) is 22.3. The lowest BCUT2D eigenvalue weighted by molar-refractivity contribution is 0.0680. The van der Waals surface area contributed by atoms with Gasteiger partial charge in [0, 0.05) is 24.8 Å². The number of imide groups is 1. The first-order valence-corrected chi connectivity index (χ1v) is 13.2. The van der Waals surface area contributed by atoms with Crippen LogP contribution in [0.25, 0.3) is 11.1 Å². The Labute approximate surface area is 228 Å². The number of aliphatic hydroxyl groups excluding tert-OH is 1. The molecule has 0 saturated carbocycles. The van der Waals surface area contributed by atoms with E-state index < -0.39 is 24.1 Å². The van der Waals surface area contributed by atoms with Crippen molar-refractivity contribution >= 4 is 12.0 Å². The monoisotopic (exact) mass is 534 g/mol. The van der Waals surface area contributed by atoms with Gasteiger partial charge in [-0.15, -0.1) is 0 Å². The Morgan fingerprint density at radius 2 is 1.87 bits per heavy atom. The molecule has 2 amide bonds. The molecular weight excluding hydrogens is 499 g/mol. The lowest BCUT2D eigenvalue weighted by Gasteiger charge is -2.24. The molecule has 1 heterocycles. The third-order valence-corrected chi connectivity index (χ3v) is 7.27. The van der Waals surface area contributed by atoms with Crippen LogP contribution in [-0.4, -0.2) is 53.4 Å². The van der Waals surface area contributed by atoms with E-state index in [0.29, 0.717) is 49.9 Å². The van der Waals surface area contributed by atoms with E-state index in [2.05, 4.69) is 5.32 Å². The minimum Gasteiger partial charge on any atom is -0.465 e. The number of carbonyl (C=O) groups is 2. The van der Waals surface area contributed by atoms with Crippen molar-refractivity contribution in [2.45, 2.75) is 50.9 Å². The number of methoxy groups -OCH3 is 1. The smallest absolute Gasteiger partial charge is 0.414 e. The van der Waals surface area contributed by atoms with Gasteiger partial charge in [-0.25, -0.2) is 14.1 Å². The van der Waals surface area contributed by atoms with Gasteiger partial charge in [0.2, 0.25) is 0 Å². The van der Waals surface area contributed by atoms with E-state index >= 15 is 0 Å². The van der Waals surface area contributed by atoms with Crippen molar-refractivity contribution in [3.05, 3.63) is 94.8 Å². The summed E-state index contributed by atoms with van der Waals surface area (Å²) in [4.78, 5) is 25.7. The van der Waals surface area contributed by atoms with E-state index in [1.807, 2.05) is 37.3 Å². The summed E-state index contributed by atoms with van der Waals surface area (Å²) in [5.41, 5.74) is 3.84. The van der Waals surface area contributed by atoms with Crippen molar-refractivity contribution in [2.24, 2.45) is 0 Å². The molecule has 0 aliphatic carbocycles. The van der Waals surface area contributed by atoms with Gasteiger partial charge >= 0.3 is 6.09 Å². The van der Waals surface area contributed by atoms with Crippen LogP contribution in [-0.2, 0) is 4.74 Å². The summed E-state index contributed by atoms with van der Waals surface area (Å²) < 4.78 is 20.7. The molecule has 3 N–H and O–H groups in total. The number of halogens is 1. The molecule has 3 aromatic rings. The van der Waals surface area contributed by atoms with Crippen LogP contribution in [0, 0.1) is 12.7 Å². The van der Waals surface area contributed by atoms with Gasteiger partial charge in [-0.3, -0.25) is 4.79 Å². The van der Waals surface area contributed by atoms with Crippen molar-refractivity contribution in [3.63, 3.8) is 0 Å². The fraction of sp³-hybridized carbons (Fsp3) is 0.355. The highest BCUT2D eigenvalue weighted by Crippen LogP contribution is 2.35. The normalized spacial score (nSPS) is 16.6. The van der Waals surface area contributed by atoms with Crippen LogP contribution in [0.5, 0.6) is 0 Å². The Morgan fingerprint density at radius 3 is 2.56 bits per heavy atom. The summed E-state index contributed by atoms with van der Waals surface area (Å²) in [5, 5.41) is 23.6. The third kappa shape index (κ3) is 6.71. The Balaban J connectivity index is 1.44. The van der Waals surface area contributed by atoms with Gasteiger partial charge in [0.05, 0.1) is 18.2 Å². The largest absolute Gasteiger partial charge is 0.465 e. The Morgan fingerprint density at radius 1 is 1.10 bits per heavy atom. The molecule has 1 fully saturated rings. The standard InChI is InChI=1S/C31H35FN2O5/c1-20-7-3-9-22(17-20)29-25(11-5-12-26(29)32)28(39-2)14-6-13-27(35)21-8-4-10-23(18-21)30(36)34(31(37)38)24-15-16-33-19-24/h3-5,7-12,17-18,24,27-28,33,35H,6,13-16,19H2,1-2H3,(H,37,38). The molecule has 1 aliphatic heterocycles. The summed E-state index contributed by atoms with van der Waals surface area (Å²) in [6.45, 7) is 3.05. The number of benzene rings is 3. The number of hydrogen-bond acceptors (Lipinski definition) is 5. The number of ether oxygens (including phenoxy) is 1. The summed E-state index contributed by atoms with van der Waals surface area (Å²) in [7, 11) is 1.59. The van der Waals surface area contributed by atoms with Crippen molar-refractivity contribution in [3.8, 4) is 11.1 Å². The molecule has 39 heavy (non-hydrogen) atoms. The second-order valence-corrected chi connectivity index (χ2v) is 9.97. The summed E-state index contributed by atoms with van der Waals surface area (Å²) in [6, 6.07) is 18.8. The molecular formula is C31H35FN2O5. The van der Waals surface area contributed by atoms with Crippen LogP contribution in [0.4, 0.5) is 9.18 Å². The predicted octanol–water partition coefficient (Wildman–Crippen LogP) is 5.87. The molecule has 0 spiro atoms. The summed E-state index contributed by atoms with van der Waals surface area (Å²) in [5.74, 6) is -0.912. The third-order valence-electron chi connectivity index (χ3n) is 7.27. The number of carbonyl (C=O) groups excluding carboxylic acids is 1. The van der Waals surface area contributed by atoms with E-state index in [4.69, 9.17) is 4.74 Å². The Bertz CT molecular complexity index is 1310. The molecule has 3 aromatic carbocycles. The van der Waals surface area contributed by atoms with Gasteiger partial charge in [0.1, 0.15) is 5.82 Å². The number of rotatable bonds is 10. The lowest BCUT2D eigenvalue weighted by Crippen LogP contribution is -2.45. The van der Waals surface area contributed by atoms with Crippen molar-refractivity contribution in [1.82, 2.24) is 10.2 Å². The molecule has 1 saturated heterocycles. The number of nitrogens with one attached hydrogen (secondary N) is 1. The van der Waals surface area contributed by atoms with Gasteiger partial charge < -0.3 is 20.3 Å². The Hall–Kier alpha value is -3.59. The molecule has 1 aliphatic rings. The highest BCUT2D eigenvalue weighted by Gasteiger charge is 2.32. The summed E-state index contributed by atoms with van der Waals surface area (Å²) >= 11 is 0. The first kappa shape index (κ1) is 28.4. The predicted molar refractivity (Wildman–Crippen MR) is 147 cm³/mol. The second kappa shape index (κ2) is 13.0. The Kier molecular flexibility index (Phi) is 9.45. The number of aryl methyl sites for hydroxylation is 1. The maximum absolute atomic E-state index is 15.0.